The summed E-state index contributed by atoms with van der Waals surface area (Å²) >= 11 is 3.00. The first-order valence-corrected chi connectivity index (χ1v) is 4.00. The van der Waals surface area contributed by atoms with Crippen LogP contribution in [-0.2, 0) is 0 Å². The van der Waals surface area contributed by atoms with E-state index < -0.39 is 4.92 Å². The molecule has 0 fully saturated rings. The molecule has 2 N–H and O–H groups in total. The number of nitro groups is 1. The molecule has 0 amide bonds. The number of hydrazine groups is 1. The first-order chi connectivity index (χ1) is 6.15. The molecular formula is C6H5BrFN3O2. The van der Waals surface area contributed by atoms with Crippen LogP contribution in [0.2, 0.25) is 0 Å². The van der Waals surface area contributed by atoms with E-state index in [1.165, 1.54) is 23.8 Å². The van der Waals surface area contributed by atoms with Gasteiger partial charge in [-0.25, -0.2) is 0 Å². The summed E-state index contributed by atoms with van der Waals surface area (Å²) in [6.07, 6.45) is 0. The van der Waals surface area contributed by atoms with Crippen LogP contribution in [0.5, 0.6) is 0 Å². The fourth-order valence-corrected chi connectivity index (χ4v) is 1.18. The largest absolute Gasteiger partial charge is 0.294 e. The minimum Gasteiger partial charge on any atom is -0.294 e. The lowest BCUT2D eigenvalue weighted by Gasteiger charge is -2.01. The van der Waals surface area contributed by atoms with E-state index in [-0.39, 0.29) is 11.4 Å². The maximum absolute atomic E-state index is 11.6. The van der Waals surface area contributed by atoms with Gasteiger partial charge in [0.1, 0.15) is 0 Å². The maximum atomic E-state index is 11.6. The van der Waals surface area contributed by atoms with Crippen molar-refractivity contribution in [3.8, 4) is 0 Å². The topological polar surface area (TPSA) is 67.2 Å². The van der Waals surface area contributed by atoms with Crippen LogP contribution < -0.4 is 11.1 Å². The summed E-state index contributed by atoms with van der Waals surface area (Å²) in [4.78, 5) is 9.85. The highest BCUT2D eigenvalue weighted by atomic mass is 79.9. The lowest BCUT2D eigenvalue weighted by Crippen LogP contribution is -2.09. The number of hydrogen-bond donors (Lipinski definition) is 2. The Kier molecular flexibility index (Phi) is 3.15. The Balaban J connectivity index is 3.04. The number of rotatable bonds is 3. The quantitative estimate of drug-likeness (QED) is 0.490. The summed E-state index contributed by atoms with van der Waals surface area (Å²) in [5.41, 5.74) is 3.42. The Bertz CT molecular complexity index is 334. The molecular weight excluding hydrogens is 245 g/mol. The van der Waals surface area contributed by atoms with Gasteiger partial charge in [-0.3, -0.25) is 15.5 Å². The molecule has 0 saturated heterocycles. The molecule has 0 unspecified atom stereocenters. The van der Waals surface area contributed by atoms with E-state index >= 15 is 0 Å². The smallest absolute Gasteiger partial charge is 0.285 e. The molecule has 7 heteroatoms. The van der Waals surface area contributed by atoms with Crippen molar-refractivity contribution in [2.24, 2.45) is 0 Å². The van der Waals surface area contributed by atoms with E-state index in [2.05, 4.69) is 21.4 Å². The van der Waals surface area contributed by atoms with Crippen molar-refractivity contribution in [2.75, 3.05) is 5.43 Å². The second-order valence-corrected chi connectivity index (χ2v) is 3.00. The Morgan fingerprint density at radius 2 is 2.23 bits per heavy atom. The third-order valence-electron chi connectivity index (χ3n) is 1.33. The minimum atomic E-state index is -0.562. The fraction of sp³-hybridized carbons (Fsp3) is 0. The van der Waals surface area contributed by atoms with Crippen LogP contribution >= 0.6 is 15.9 Å². The monoisotopic (exact) mass is 249 g/mol. The molecule has 1 aromatic carbocycles. The molecule has 0 saturated carbocycles. The van der Waals surface area contributed by atoms with Crippen molar-refractivity contribution in [3.05, 3.63) is 32.8 Å². The number of nitro benzene ring substituents is 1. The van der Waals surface area contributed by atoms with Gasteiger partial charge in [-0.05, 0) is 28.1 Å². The van der Waals surface area contributed by atoms with Gasteiger partial charge in [0, 0.05) is 6.07 Å². The molecule has 0 radical (unpaired) electrons. The summed E-state index contributed by atoms with van der Waals surface area (Å²) in [5, 5.41) is 10.4. The van der Waals surface area contributed by atoms with E-state index in [1.54, 1.807) is 0 Å². The molecule has 5 nitrogen and oxygen atoms in total. The van der Waals surface area contributed by atoms with E-state index in [0.717, 1.165) is 0 Å². The minimum absolute atomic E-state index is 0.125. The first-order valence-electron chi connectivity index (χ1n) is 3.20. The van der Waals surface area contributed by atoms with Crippen LogP contribution in [0.4, 0.5) is 15.9 Å². The maximum Gasteiger partial charge on any atom is 0.285 e. The van der Waals surface area contributed by atoms with Gasteiger partial charge in [-0.2, -0.15) is 0 Å². The van der Waals surface area contributed by atoms with Crippen molar-refractivity contribution in [1.29, 1.82) is 0 Å². The van der Waals surface area contributed by atoms with Gasteiger partial charge in [-0.15, -0.1) is 4.48 Å². The number of benzene rings is 1. The number of hydrogen-bond acceptors (Lipinski definition) is 4. The van der Waals surface area contributed by atoms with Crippen molar-refractivity contribution in [1.82, 2.24) is 5.65 Å². The highest BCUT2D eigenvalue weighted by Gasteiger charge is 2.11. The molecule has 0 heterocycles. The molecule has 0 bridgehead atoms. The average molecular weight is 250 g/mol. The summed E-state index contributed by atoms with van der Waals surface area (Å²) < 4.78 is 11.9. The average Bonchev–Trinajstić information content (AvgIpc) is 2.08. The number of halogens is 2. The van der Waals surface area contributed by atoms with Gasteiger partial charge in [0.25, 0.3) is 5.69 Å². The standard InChI is InChI=1S/C6H5BrFN3O2/c7-5-2-1-4(9-10-8)3-6(5)11(12)13/h1-3,9-10H. The van der Waals surface area contributed by atoms with Crippen LogP contribution in [0.3, 0.4) is 0 Å². The first kappa shape index (κ1) is 9.87. The van der Waals surface area contributed by atoms with Gasteiger partial charge < -0.3 is 0 Å². The Hall–Kier alpha value is -1.21. The lowest BCUT2D eigenvalue weighted by atomic mass is 10.3. The van der Waals surface area contributed by atoms with Crippen LogP contribution in [0.1, 0.15) is 0 Å². The van der Waals surface area contributed by atoms with Crippen LogP contribution in [0.15, 0.2) is 22.7 Å². The normalized spacial score (nSPS) is 9.69. The van der Waals surface area contributed by atoms with Gasteiger partial charge in [-0.1, -0.05) is 5.65 Å². The van der Waals surface area contributed by atoms with Gasteiger partial charge in [0.05, 0.1) is 15.1 Å². The summed E-state index contributed by atoms with van der Waals surface area (Å²) in [6, 6.07) is 4.15. The molecule has 0 atom stereocenters. The van der Waals surface area contributed by atoms with Gasteiger partial charge >= 0.3 is 0 Å². The van der Waals surface area contributed by atoms with Crippen molar-refractivity contribution in [3.63, 3.8) is 0 Å². The van der Waals surface area contributed by atoms with Crippen molar-refractivity contribution in [2.45, 2.75) is 0 Å². The molecule has 13 heavy (non-hydrogen) atoms. The molecule has 0 aromatic heterocycles. The van der Waals surface area contributed by atoms with Crippen molar-refractivity contribution >= 4 is 27.3 Å². The van der Waals surface area contributed by atoms with Gasteiger partial charge in [0.15, 0.2) is 0 Å². The second-order valence-electron chi connectivity index (χ2n) is 2.14. The molecule has 0 aliphatic rings. The Morgan fingerprint density at radius 3 is 2.77 bits per heavy atom. The number of nitrogens with zero attached hydrogens (tertiary/aromatic N) is 1. The van der Waals surface area contributed by atoms with Crippen LogP contribution in [0, 0.1) is 10.1 Å². The highest BCUT2D eigenvalue weighted by Crippen LogP contribution is 2.27. The summed E-state index contributed by atoms with van der Waals surface area (Å²) in [6.45, 7) is 0. The zero-order chi connectivity index (χ0) is 9.84. The summed E-state index contributed by atoms with van der Waals surface area (Å²) in [5.74, 6) is 0. The van der Waals surface area contributed by atoms with Crippen LogP contribution in [0.25, 0.3) is 0 Å². The van der Waals surface area contributed by atoms with Crippen molar-refractivity contribution < 1.29 is 9.40 Å². The molecule has 0 spiro atoms. The molecule has 1 rings (SSSR count). The zero-order valence-electron chi connectivity index (χ0n) is 6.25. The Labute approximate surface area is 81.1 Å². The van der Waals surface area contributed by atoms with E-state index in [4.69, 9.17) is 0 Å². The third-order valence-corrected chi connectivity index (χ3v) is 2.00. The van der Waals surface area contributed by atoms with E-state index in [1.807, 2.05) is 0 Å². The SMILES string of the molecule is O=[N+]([O-])c1cc(NNF)ccc1Br. The van der Waals surface area contributed by atoms with E-state index in [0.29, 0.717) is 4.47 Å². The second kappa shape index (κ2) is 4.15. The summed E-state index contributed by atoms with van der Waals surface area (Å²) in [7, 11) is 0. The molecule has 0 aliphatic carbocycles. The molecule has 70 valence electrons. The predicted octanol–water partition coefficient (Wildman–Crippen LogP) is 2.16. The lowest BCUT2D eigenvalue weighted by molar-refractivity contribution is -0.385. The number of anilines is 1. The highest BCUT2D eigenvalue weighted by molar-refractivity contribution is 9.10. The predicted molar refractivity (Wildman–Crippen MR) is 48.7 cm³/mol. The fourth-order valence-electron chi connectivity index (χ4n) is 0.785. The Morgan fingerprint density at radius 1 is 1.54 bits per heavy atom. The number of nitrogens with one attached hydrogen (secondary N) is 2. The molecule has 1 aromatic rings. The van der Waals surface area contributed by atoms with Gasteiger partial charge in [0.2, 0.25) is 0 Å². The zero-order valence-corrected chi connectivity index (χ0v) is 7.84. The molecule has 0 aliphatic heterocycles. The van der Waals surface area contributed by atoms with Crippen LogP contribution in [-0.4, -0.2) is 4.92 Å². The third kappa shape index (κ3) is 2.36. The van der Waals surface area contributed by atoms with E-state index in [9.17, 15) is 14.6 Å².